The number of nitrogens with zero attached hydrogens (tertiary/aromatic N) is 2. The van der Waals surface area contributed by atoms with Crippen LogP contribution in [0.2, 0.25) is 10.0 Å². The van der Waals surface area contributed by atoms with Crippen molar-refractivity contribution < 1.29 is 9.21 Å². The van der Waals surface area contributed by atoms with Gasteiger partial charge < -0.3 is 4.42 Å². The van der Waals surface area contributed by atoms with E-state index in [1.54, 1.807) is 36.4 Å². The van der Waals surface area contributed by atoms with E-state index in [2.05, 4.69) is 30.3 Å². The minimum atomic E-state index is -0.244. The first kappa shape index (κ1) is 25.6. The van der Waals surface area contributed by atoms with Crippen LogP contribution in [-0.2, 0) is 0 Å². The van der Waals surface area contributed by atoms with E-state index in [9.17, 15) is 4.79 Å². The number of halogens is 2. The van der Waals surface area contributed by atoms with Crippen molar-refractivity contribution in [2.45, 2.75) is 0 Å². The van der Waals surface area contributed by atoms with Crippen LogP contribution in [0.25, 0.3) is 45.6 Å². The monoisotopic (exact) mass is 560 g/mol. The van der Waals surface area contributed by atoms with Crippen LogP contribution < -0.4 is 0 Å². The van der Waals surface area contributed by atoms with Crippen molar-refractivity contribution in [3.63, 3.8) is 0 Å². The molecule has 0 aliphatic rings. The van der Waals surface area contributed by atoms with Crippen molar-refractivity contribution in [2.75, 3.05) is 0 Å². The summed E-state index contributed by atoms with van der Waals surface area (Å²) in [4.78, 5) is 12.8. The Morgan fingerprint density at radius 2 is 1.45 bits per heavy atom. The van der Waals surface area contributed by atoms with E-state index in [0.717, 1.165) is 33.8 Å². The van der Waals surface area contributed by atoms with Crippen molar-refractivity contribution in [3.8, 4) is 39.5 Å². The number of ketones is 1. The summed E-state index contributed by atoms with van der Waals surface area (Å²) in [7, 11) is 0. The normalized spacial score (nSPS) is 11.2. The molecule has 0 amide bonds. The van der Waals surface area contributed by atoms with Gasteiger partial charge in [0.25, 0.3) is 0 Å². The molecule has 0 N–H and O–H groups in total. The van der Waals surface area contributed by atoms with Crippen LogP contribution in [0.4, 0.5) is 0 Å². The minimum Gasteiger partial charge on any atom is -0.453 e. The second-order valence-corrected chi connectivity index (χ2v) is 9.98. The highest BCUT2D eigenvalue weighted by Gasteiger charge is 2.14. The highest BCUT2D eigenvalue weighted by atomic mass is 35.5. The van der Waals surface area contributed by atoms with Crippen LogP contribution in [0.3, 0.4) is 0 Å². The number of hydrogen-bond acceptors (Lipinski definition) is 3. The molecule has 2 aromatic heterocycles. The standard InChI is InChI=1S/C34H22Cl2N2O2/c35-26-14-17-28(29(36)21-26)33-19-20-34(40-33)32(39)18-13-23-11-15-27(16-12-23)38-31(25-9-5-2-6-10-25)22-30(37-38)24-7-3-1-4-8-24/h1-22H. The highest BCUT2D eigenvalue weighted by Crippen LogP contribution is 2.32. The second-order valence-electron chi connectivity index (χ2n) is 9.14. The zero-order chi connectivity index (χ0) is 27.5. The lowest BCUT2D eigenvalue weighted by Gasteiger charge is -2.08. The van der Waals surface area contributed by atoms with Gasteiger partial charge in [0.05, 0.1) is 22.1 Å². The molecule has 0 aliphatic carbocycles. The summed E-state index contributed by atoms with van der Waals surface area (Å²) in [5, 5.41) is 5.92. The molecule has 4 aromatic carbocycles. The Morgan fingerprint density at radius 1 is 0.750 bits per heavy atom. The van der Waals surface area contributed by atoms with Crippen LogP contribution in [0.1, 0.15) is 16.1 Å². The van der Waals surface area contributed by atoms with Crippen LogP contribution in [-0.4, -0.2) is 15.6 Å². The van der Waals surface area contributed by atoms with Crippen molar-refractivity contribution in [1.29, 1.82) is 0 Å². The van der Waals surface area contributed by atoms with Crippen molar-refractivity contribution in [1.82, 2.24) is 9.78 Å². The molecule has 0 radical (unpaired) electrons. The summed E-state index contributed by atoms with van der Waals surface area (Å²) in [6, 6.07) is 38.8. The molecule has 0 saturated carbocycles. The number of hydrogen-bond donors (Lipinski definition) is 0. The largest absolute Gasteiger partial charge is 0.453 e. The predicted molar refractivity (Wildman–Crippen MR) is 162 cm³/mol. The lowest BCUT2D eigenvalue weighted by molar-refractivity contribution is 0.102. The number of allylic oxidation sites excluding steroid dienone is 1. The third-order valence-corrected chi connectivity index (χ3v) is 7.01. The number of aromatic nitrogens is 2. The van der Waals surface area contributed by atoms with Gasteiger partial charge in [0.15, 0.2) is 5.76 Å². The summed E-state index contributed by atoms with van der Waals surface area (Å²) in [6.45, 7) is 0. The Bertz CT molecular complexity index is 1820. The molecule has 6 aromatic rings. The fraction of sp³-hybridized carbons (Fsp3) is 0. The van der Waals surface area contributed by atoms with Crippen LogP contribution >= 0.6 is 23.2 Å². The summed E-state index contributed by atoms with van der Waals surface area (Å²) in [5.41, 5.74) is 6.48. The molecule has 0 spiro atoms. The lowest BCUT2D eigenvalue weighted by atomic mass is 10.1. The predicted octanol–water partition coefficient (Wildman–Crippen LogP) is 9.67. The number of rotatable bonds is 7. The Labute approximate surface area is 241 Å². The molecule has 6 heteroatoms. The summed E-state index contributed by atoms with van der Waals surface area (Å²) < 4.78 is 7.72. The molecule has 0 saturated heterocycles. The Balaban J connectivity index is 1.24. The minimum absolute atomic E-state index is 0.228. The fourth-order valence-electron chi connectivity index (χ4n) is 4.43. The van der Waals surface area contributed by atoms with Crippen LogP contribution in [0.5, 0.6) is 0 Å². The molecule has 0 aliphatic heterocycles. The smallest absolute Gasteiger partial charge is 0.221 e. The van der Waals surface area contributed by atoms with Gasteiger partial charge in [0, 0.05) is 21.7 Å². The van der Waals surface area contributed by atoms with Gasteiger partial charge in [0.2, 0.25) is 5.78 Å². The van der Waals surface area contributed by atoms with E-state index in [1.807, 2.05) is 65.3 Å². The van der Waals surface area contributed by atoms with E-state index in [1.165, 1.54) is 6.08 Å². The van der Waals surface area contributed by atoms with E-state index in [4.69, 9.17) is 32.7 Å². The van der Waals surface area contributed by atoms with Crippen molar-refractivity contribution in [2.24, 2.45) is 0 Å². The average Bonchev–Trinajstić information content (AvgIpc) is 3.66. The SMILES string of the molecule is O=C(C=Cc1ccc(-n2nc(-c3ccccc3)cc2-c2ccccc2)cc1)c1ccc(-c2ccc(Cl)cc2Cl)o1. The first-order chi connectivity index (χ1) is 19.5. The van der Waals surface area contributed by atoms with Gasteiger partial charge in [-0.2, -0.15) is 5.10 Å². The average molecular weight is 561 g/mol. The van der Waals surface area contributed by atoms with Crippen molar-refractivity contribution in [3.05, 3.63) is 149 Å². The molecule has 40 heavy (non-hydrogen) atoms. The maximum Gasteiger partial charge on any atom is 0.221 e. The van der Waals surface area contributed by atoms with Crippen molar-refractivity contribution >= 4 is 35.1 Å². The molecule has 4 nitrogen and oxygen atoms in total. The van der Waals surface area contributed by atoms with Gasteiger partial charge in [-0.1, -0.05) is 102 Å². The van der Waals surface area contributed by atoms with Crippen LogP contribution in [0, 0.1) is 0 Å². The van der Waals surface area contributed by atoms with Crippen LogP contribution in [0.15, 0.2) is 132 Å². The summed E-state index contributed by atoms with van der Waals surface area (Å²) in [6.07, 6.45) is 3.26. The molecule has 0 fully saturated rings. The molecule has 0 atom stereocenters. The first-order valence-corrected chi connectivity index (χ1v) is 13.4. The zero-order valence-corrected chi connectivity index (χ0v) is 22.7. The number of furan rings is 1. The van der Waals surface area contributed by atoms with Gasteiger partial charge in [-0.3, -0.25) is 4.79 Å². The maximum atomic E-state index is 12.8. The topological polar surface area (TPSA) is 48.0 Å². The molecule has 194 valence electrons. The molecule has 2 heterocycles. The Hall–Kier alpha value is -4.64. The van der Waals surface area contributed by atoms with E-state index >= 15 is 0 Å². The highest BCUT2D eigenvalue weighted by molar-refractivity contribution is 6.36. The molecule has 0 unspecified atom stereocenters. The number of carbonyl (C=O) groups excluding carboxylic acids is 1. The van der Waals surface area contributed by atoms with Gasteiger partial charge in [0.1, 0.15) is 5.76 Å². The maximum absolute atomic E-state index is 12.8. The summed E-state index contributed by atoms with van der Waals surface area (Å²) >= 11 is 12.3. The zero-order valence-electron chi connectivity index (χ0n) is 21.2. The third-order valence-electron chi connectivity index (χ3n) is 6.46. The third kappa shape index (κ3) is 5.41. The number of benzene rings is 4. The van der Waals surface area contributed by atoms with Gasteiger partial charge in [-0.15, -0.1) is 0 Å². The quantitative estimate of drug-likeness (QED) is 0.144. The van der Waals surface area contributed by atoms with E-state index in [0.29, 0.717) is 21.4 Å². The first-order valence-electron chi connectivity index (χ1n) is 12.6. The van der Waals surface area contributed by atoms with E-state index in [-0.39, 0.29) is 11.5 Å². The number of carbonyl (C=O) groups is 1. The fourth-order valence-corrected chi connectivity index (χ4v) is 4.93. The van der Waals surface area contributed by atoms with E-state index < -0.39 is 0 Å². The van der Waals surface area contributed by atoms with Gasteiger partial charge in [-0.25, -0.2) is 4.68 Å². The molecule has 6 rings (SSSR count). The van der Waals surface area contributed by atoms with Gasteiger partial charge in [-0.05, 0) is 60.2 Å². The van der Waals surface area contributed by atoms with Gasteiger partial charge >= 0.3 is 0 Å². The molecular weight excluding hydrogens is 539 g/mol. The Kier molecular flexibility index (Phi) is 7.19. The summed E-state index contributed by atoms with van der Waals surface area (Å²) in [5.74, 6) is 0.490. The molecule has 0 bridgehead atoms. The lowest BCUT2D eigenvalue weighted by Crippen LogP contribution is -1.99. The Morgan fingerprint density at radius 3 is 2.15 bits per heavy atom. The molecular formula is C34H22Cl2N2O2. The second kappa shape index (κ2) is 11.2.